The quantitative estimate of drug-likeness (QED) is 0.464. The molecule has 0 spiro atoms. The first kappa shape index (κ1) is 24.3. The summed E-state index contributed by atoms with van der Waals surface area (Å²) in [5, 5.41) is 12.9. The van der Waals surface area contributed by atoms with Gasteiger partial charge in [0, 0.05) is 18.8 Å². The van der Waals surface area contributed by atoms with Crippen molar-refractivity contribution in [2.24, 2.45) is 5.92 Å². The Morgan fingerprint density at radius 2 is 2.11 bits per heavy atom. The highest BCUT2D eigenvalue weighted by molar-refractivity contribution is 5.67. The van der Waals surface area contributed by atoms with Crippen LogP contribution in [0.5, 0.6) is 0 Å². The number of rotatable bonds is 11. The molecule has 2 aromatic rings. The number of aryl methyl sites for hydroxylation is 2. The maximum atomic E-state index is 11.5. The van der Waals surface area contributed by atoms with Crippen molar-refractivity contribution in [2.75, 3.05) is 38.1 Å². The van der Waals surface area contributed by atoms with E-state index in [0.29, 0.717) is 18.4 Å². The van der Waals surface area contributed by atoms with E-state index in [2.05, 4.69) is 40.5 Å². The van der Waals surface area contributed by atoms with Gasteiger partial charge in [-0.25, -0.2) is 4.98 Å². The highest BCUT2D eigenvalue weighted by Crippen LogP contribution is 2.41. The number of nitrogens with zero attached hydrogens (tertiary/aromatic N) is 2. The fraction of sp³-hybridized carbons (Fsp3) is 0.586. The van der Waals surface area contributed by atoms with E-state index in [-0.39, 0.29) is 12.5 Å². The molecular weight excluding hydrogens is 438 g/mol. The standard InChI is InChI=1S/C29H39N3O3/c33-28(34)18-27(25-7-1-6-24(17-25)22-10-11-22)35-20-21-5-3-15-32(19-21)16-4-9-26-13-12-23-8-2-14-30-29(23)31-26/h1,6-7,12-13,17,21-22,27H,2-5,8-11,14-16,18-20H2,(H,30,31)(H,33,34)/t21-,27+/m1/s1. The van der Waals surface area contributed by atoms with Crippen LogP contribution < -0.4 is 5.32 Å². The number of fused-ring (bicyclic) bond motifs is 1. The lowest BCUT2D eigenvalue weighted by Crippen LogP contribution is -2.38. The van der Waals surface area contributed by atoms with Gasteiger partial charge in [0.1, 0.15) is 5.82 Å². The molecule has 1 aromatic heterocycles. The number of anilines is 1. The van der Waals surface area contributed by atoms with E-state index in [1.54, 1.807) is 0 Å². The Bertz CT molecular complexity index is 1010. The number of carboxylic acid groups (broad SMARTS) is 1. The monoisotopic (exact) mass is 477 g/mol. The van der Waals surface area contributed by atoms with Crippen molar-refractivity contribution in [2.45, 2.75) is 69.8 Å². The zero-order chi connectivity index (χ0) is 24.0. The summed E-state index contributed by atoms with van der Waals surface area (Å²) in [5.74, 6) is 1.39. The number of carboxylic acids is 1. The first-order valence-electron chi connectivity index (χ1n) is 13.5. The summed E-state index contributed by atoms with van der Waals surface area (Å²) in [6.07, 6.45) is 8.89. The number of carbonyl (C=O) groups is 1. The molecule has 0 radical (unpaired) electrons. The number of nitrogens with one attached hydrogen (secondary N) is 1. The Balaban J connectivity index is 1.10. The van der Waals surface area contributed by atoms with Crippen LogP contribution in [0.4, 0.5) is 5.82 Å². The first-order chi connectivity index (χ1) is 17.1. The summed E-state index contributed by atoms with van der Waals surface area (Å²) < 4.78 is 6.28. The lowest BCUT2D eigenvalue weighted by atomic mass is 9.97. The van der Waals surface area contributed by atoms with Gasteiger partial charge in [-0.2, -0.15) is 0 Å². The third-order valence-corrected chi connectivity index (χ3v) is 7.69. The molecule has 2 aliphatic heterocycles. The van der Waals surface area contributed by atoms with Gasteiger partial charge >= 0.3 is 5.97 Å². The summed E-state index contributed by atoms with van der Waals surface area (Å²) in [6.45, 7) is 4.89. The molecule has 2 N–H and O–H groups in total. The van der Waals surface area contributed by atoms with E-state index >= 15 is 0 Å². The fourth-order valence-corrected chi connectivity index (χ4v) is 5.60. The van der Waals surface area contributed by atoms with Crippen LogP contribution in [-0.4, -0.2) is 53.7 Å². The zero-order valence-electron chi connectivity index (χ0n) is 20.8. The van der Waals surface area contributed by atoms with Crippen LogP contribution in [0.25, 0.3) is 0 Å². The van der Waals surface area contributed by atoms with E-state index in [1.165, 1.54) is 42.5 Å². The molecule has 6 nitrogen and oxygen atoms in total. The number of hydrogen-bond acceptors (Lipinski definition) is 5. The molecule has 6 heteroatoms. The number of aliphatic carboxylic acids is 1. The highest BCUT2D eigenvalue weighted by atomic mass is 16.5. The molecule has 0 unspecified atom stereocenters. The van der Waals surface area contributed by atoms with Gasteiger partial charge < -0.3 is 20.1 Å². The molecule has 1 saturated heterocycles. The van der Waals surface area contributed by atoms with Crippen LogP contribution in [0.2, 0.25) is 0 Å². The second kappa shape index (κ2) is 11.5. The summed E-state index contributed by atoms with van der Waals surface area (Å²) in [6, 6.07) is 12.8. The molecule has 1 aliphatic carbocycles. The predicted octanol–water partition coefficient (Wildman–Crippen LogP) is 5.19. The van der Waals surface area contributed by atoms with Gasteiger partial charge in [0.15, 0.2) is 0 Å². The van der Waals surface area contributed by atoms with Crippen LogP contribution in [0.1, 0.15) is 79.4 Å². The fourth-order valence-electron chi connectivity index (χ4n) is 5.60. The largest absolute Gasteiger partial charge is 0.481 e. The molecule has 0 bridgehead atoms. The molecule has 5 rings (SSSR count). The van der Waals surface area contributed by atoms with Crippen molar-refractivity contribution in [3.8, 4) is 0 Å². The highest BCUT2D eigenvalue weighted by Gasteiger charge is 2.26. The molecule has 0 amide bonds. The van der Waals surface area contributed by atoms with Crippen molar-refractivity contribution in [3.05, 3.63) is 58.8 Å². The Labute approximate surface area is 209 Å². The molecule has 2 atom stereocenters. The van der Waals surface area contributed by atoms with E-state index in [9.17, 15) is 9.90 Å². The van der Waals surface area contributed by atoms with Crippen LogP contribution >= 0.6 is 0 Å². The Morgan fingerprint density at radius 3 is 2.97 bits per heavy atom. The normalized spacial score (nSPS) is 21.2. The molecule has 3 heterocycles. The number of likely N-dealkylation sites (tertiary alicyclic amines) is 1. The van der Waals surface area contributed by atoms with Gasteiger partial charge in [-0.05, 0) is 99.0 Å². The molecule has 35 heavy (non-hydrogen) atoms. The van der Waals surface area contributed by atoms with Crippen molar-refractivity contribution in [3.63, 3.8) is 0 Å². The average molecular weight is 478 g/mol. The van der Waals surface area contributed by atoms with Crippen LogP contribution in [-0.2, 0) is 22.4 Å². The number of pyridine rings is 1. The van der Waals surface area contributed by atoms with Gasteiger partial charge in [-0.1, -0.05) is 30.3 Å². The SMILES string of the molecule is O=C(O)C[C@H](OC[C@@H]1CCCN(CCCc2ccc3c(n2)NCCC3)C1)c1cccc(C2CC2)c1. The van der Waals surface area contributed by atoms with E-state index in [0.717, 1.165) is 63.2 Å². The Morgan fingerprint density at radius 1 is 1.20 bits per heavy atom. The Hall–Kier alpha value is -2.44. The molecule has 188 valence electrons. The minimum Gasteiger partial charge on any atom is -0.481 e. The minimum absolute atomic E-state index is 0.0210. The number of aromatic nitrogens is 1. The van der Waals surface area contributed by atoms with Crippen molar-refractivity contribution >= 4 is 11.8 Å². The van der Waals surface area contributed by atoms with Gasteiger partial charge in [-0.3, -0.25) is 4.79 Å². The van der Waals surface area contributed by atoms with E-state index < -0.39 is 5.97 Å². The second-order valence-electron chi connectivity index (χ2n) is 10.6. The molecule has 2 fully saturated rings. The van der Waals surface area contributed by atoms with E-state index in [4.69, 9.17) is 9.72 Å². The lowest BCUT2D eigenvalue weighted by Gasteiger charge is -2.33. The topological polar surface area (TPSA) is 74.7 Å². The number of ether oxygens (including phenoxy) is 1. The first-order valence-corrected chi connectivity index (χ1v) is 13.5. The Kier molecular flexibility index (Phi) is 7.99. The van der Waals surface area contributed by atoms with E-state index in [1.807, 2.05) is 6.07 Å². The zero-order valence-corrected chi connectivity index (χ0v) is 20.8. The van der Waals surface area contributed by atoms with Gasteiger partial charge in [-0.15, -0.1) is 0 Å². The minimum atomic E-state index is -0.803. The predicted molar refractivity (Wildman–Crippen MR) is 138 cm³/mol. The third kappa shape index (κ3) is 6.83. The summed E-state index contributed by atoms with van der Waals surface area (Å²) in [4.78, 5) is 18.9. The summed E-state index contributed by atoms with van der Waals surface area (Å²) in [7, 11) is 0. The van der Waals surface area contributed by atoms with Crippen LogP contribution in [0.15, 0.2) is 36.4 Å². The average Bonchev–Trinajstić information content (AvgIpc) is 3.72. The van der Waals surface area contributed by atoms with Crippen LogP contribution in [0.3, 0.4) is 0 Å². The second-order valence-corrected chi connectivity index (χ2v) is 10.6. The molecule has 1 saturated carbocycles. The lowest BCUT2D eigenvalue weighted by molar-refractivity contribution is -0.140. The molecule has 1 aromatic carbocycles. The number of benzene rings is 1. The number of hydrogen-bond donors (Lipinski definition) is 2. The van der Waals surface area contributed by atoms with Crippen molar-refractivity contribution in [1.82, 2.24) is 9.88 Å². The van der Waals surface area contributed by atoms with Gasteiger partial charge in [0.2, 0.25) is 0 Å². The molecular formula is C29H39N3O3. The third-order valence-electron chi connectivity index (χ3n) is 7.69. The summed E-state index contributed by atoms with van der Waals surface area (Å²) in [5.41, 5.74) is 4.87. The maximum Gasteiger partial charge on any atom is 0.306 e. The summed E-state index contributed by atoms with van der Waals surface area (Å²) >= 11 is 0. The van der Waals surface area contributed by atoms with Crippen molar-refractivity contribution in [1.29, 1.82) is 0 Å². The smallest absolute Gasteiger partial charge is 0.306 e. The van der Waals surface area contributed by atoms with Gasteiger partial charge in [0.25, 0.3) is 0 Å². The molecule has 3 aliphatic rings. The van der Waals surface area contributed by atoms with Gasteiger partial charge in [0.05, 0.1) is 19.1 Å². The van der Waals surface area contributed by atoms with Crippen LogP contribution in [0, 0.1) is 5.92 Å². The number of piperidine rings is 1. The van der Waals surface area contributed by atoms with Crippen molar-refractivity contribution < 1.29 is 14.6 Å². The maximum absolute atomic E-state index is 11.5.